The molecule has 1 aromatic carbocycles. The topological polar surface area (TPSA) is 61.5 Å². The smallest absolute Gasteiger partial charge is 0.344 e. The van der Waals surface area contributed by atoms with Gasteiger partial charge in [0, 0.05) is 6.04 Å². The molecule has 0 aliphatic rings. The fourth-order valence-electron chi connectivity index (χ4n) is 1.94. The van der Waals surface area contributed by atoms with Crippen molar-refractivity contribution in [2.75, 3.05) is 13.2 Å². The Morgan fingerprint density at radius 2 is 2.10 bits per heavy atom. The van der Waals surface area contributed by atoms with Crippen molar-refractivity contribution in [1.29, 1.82) is 0 Å². The lowest BCUT2D eigenvalue weighted by Gasteiger charge is -2.15. The van der Waals surface area contributed by atoms with E-state index in [9.17, 15) is 4.79 Å². The molecule has 0 spiro atoms. The van der Waals surface area contributed by atoms with Crippen LogP contribution < -0.4 is 10.5 Å². The maximum absolute atomic E-state index is 11.6. The van der Waals surface area contributed by atoms with Crippen LogP contribution in [0.4, 0.5) is 0 Å². The second kappa shape index (κ2) is 9.40. The van der Waals surface area contributed by atoms with Crippen LogP contribution in [0.5, 0.6) is 5.75 Å². The zero-order valence-corrected chi connectivity index (χ0v) is 13.4. The molecule has 21 heavy (non-hydrogen) atoms. The van der Waals surface area contributed by atoms with Crippen molar-refractivity contribution >= 4 is 5.97 Å². The second-order valence-electron chi connectivity index (χ2n) is 5.35. The summed E-state index contributed by atoms with van der Waals surface area (Å²) < 4.78 is 10.7. The summed E-state index contributed by atoms with van der Waals surface area (Å²) in [4.78, 5) is 11.6. The van der Waals surface area contributed by atoms with Gasteiger partial charge in [-0.15, -0.1) is 0 Å². The fourth-order valence-corrected chi connectivity index (χ4v) is 1.94. The number of carbonyl (C=O) groups excluding carboxylic acids is 1. The van der Waals surface area contributed by atoms with Gasteiger partial charge in [-0.25, -0.2) is 4.79 Å². The van der Waals surface area contributed by atoms with Crippen LogP contribution in [0.15, 0.2) is 18.2 Å². The van der Waals surface area contributed by atoms with E-state index >= 15 is 0 Å². The standard InChI is InChI=1S/C17H27NO3/c1-4-6-9-20-17(19)12-21-16-8-7-13(3)10-14(16)11-15(18)5-2/h7-8,10,15H,4-6,9,11-12,18H2,1-3H3. The maximum atomic E-state index is 11.6. The molecule has 0 saturated heterocycles. The summed E-state index contributed by atoms with van der Waals surface area (Å²) >= 11 is 0. The first-order valence-corrected chi connectivity index (χ1v) is 7.70. The average molecular weight is 293 g/mol. The minimum absolute atomic E-state index is 0.0544. The normalized spacial score (nSPS) is 12.0. The number of benzene rings is 1. The highest BCUT2D eigenvalue weighted by atomic mass is 16.6. The molecule has 2 N–H and O–H groups in total. The molecule has 0 saturated carbocycles. The first-order chi connectivity index (χ1) is 10.1. The highest BCUT2D eigenvalue weighted by Crippen LogP contribution is 2.22. The molecule has 1 unspecified atom stereocenters. The van der Waals surface area contributed by atoms with E-state index in [0.717, 1.165) is 42.6 Å². The van der Waals surface area contributed by atoms with Crippen LogP contribution in [0.1, 0.15) is 44.2 Å². The number of aryl methyl sites for hydroxylation is 1. The molecule has 0 aliphatic carbocycles. The van der Waals surface area contributed by atoms with Crippen molar-refractivity contribution in [3.05, 3.63) is 29.3 Å². The third kappa shape index (κ3) is 6.63. The molecule has 4 heteroatoms. The Labute approximate surface area is 127 Å². The van der Waals surface area contributed by atoms with Crippen molar-refractivity contribution in [2.45, 2.75) is 52.5 Å². The highest BCUT2D eigenvalue weighted by molar-refractivity contribution is 5.71. The molecule has 0 amide bonds. The Balaban J connectivity index is 2.59. The number of hydrogen-bond donors (Lipinski definition) is 1. The quantitative estimate of drug-likeness (QED) is 0.561. The van der Waals surface area contributed by atoms with Gasteiger partial charge in [-0.3, -0.25) is 0 Å². The van der Waals surface area contributed by atoms with Gasteiger partial charge in [-0.2, -0.15) is 0 Å². The van der Waals surface area contributed by atoms with Crippen molar-refractivity contribution < 1.29 is 14.3 Å². The van der Waals surface area contributed by atoms with Gasteiger partial charge in [0.15, 0.2) is 6.61 Å². The molecule has 0 bridgehead atoms. The zero-order valence-electron chi connectivity index (χ0n) is 13.4. The van der Waals surface area contributed by atoms with Gasteiger partial charge in [-0.05, 0) is 37.8 Å². The second-order valence-corrected chi connectivity index (χ2v) is 5.35. The number of rotatable bonds is 9. The molecule has 1 aromatic rings. The molecule has 0 fully saturated rings. The van der Waals surface area contributed by atoms with E-state index in [-0.39, 0.29) is 18.6 Å². The largest absolute Gasteiger partial charge is 0.482 e. The van der Waals surface area contributed by atoms with Crippen LogP contribution in [0.25, 0.3) is 0 Å². The van der Waals surface area contributed by atoms with E-state index in [1.807, 2.05) is 19.1 Å². The minimum Gasteiger partial charge on any atom is -0.482 e. The highest BCUT2D eigenvalue weighted by Gasteiger charge is 2.10. The molecular formula is C17H27NO3. The van der Waals surface area contributed by atoms with Crippen LogP contribution in [0, 0.1) is 6.92 Å². The summed E-state index contributed by atoms with van der Waals surface area (Å²) in [5.74, 6) is 0.395. The van der Waals surface area contributed by atoms with Gasteiger partial charge >= 0.3 is 5.97 Å². The number of carbonyl (C=O) groups is 1. The summed E-state index contributed by atoms with van der Waals surface area (Å²) in [5, 5.41) is 0. The number of esters is 1. The van der Waals surface area contributed by atoms with E-state index in [0.29, 0.717) is 6.61 Å². The van der Waals surface area contributed by atoms with Gasteiger partial charge in [0.2, 0.25) is 0 Å². The molecule has 4 nitrogen and oxygen atoms in total. The molecular weight excluding hydrogens is 266 g/mol. The lowest BCUT2D eigenvalue weighted by Crippen LogP contribution is -2.22. The predicted molar refractivity (Wildman–Crippen MR) is 84.5 cm³/mol. The molecule has 1 rings (SSSR count). The number of nitrogens with two attached hydrogens (primary N) is 1. The van der Waals surface area contributed by atoms with Crippen LogP contribution in [-0.2, 0) is 16.0 Å². The summed E-state index contributed by atoms with van der Waals surface area (Å²) in [6.45, 7) is 6.55. The predicted octanol–water partition coefficient (Wildman–Crippen LogP) is 3.00. The molecule has 118 valence electrons. The van der Waals surface area contributed by atoms with Crippen molar-refractivity contribution in [3.63, 3.8) is 0 Å². The summed E-state index contributed by atoms with van der Waals surface area (Å²) in [6, 6.07) is 6.03. The number of ether oxygens (including phenoxy) is 2. The van der Waals surface area contributed by atoms with Crippen molar-refractivity contribution in [2.24, 2.45) is 5.73 Å². The van der Waals surface area contributed by atoms with E-state index in [2.05, 4.69) is 19.9 Å². The lowest BCUT2D eigenvalue weighted by atomic mass is 10.0. The summed E-state index contributed by atoms with van der Waals surface area (Å²) in [6.07, 6.45) is 3.54. The Morgan fingerprint density at radius 1 is 1.33 bits per heavy atom. The molecule has 0 aliphatic heterocycles. The molecule has 1 atom stereocenters. The molecule has 0 aromatic heterocycles. The monoisotopic (exact) mass is 293 g/mol. The van der Waals surface area contributed by atoms with Crippen molar-refractivity contribution in [1.82, 2.24) is 0 Å². The van der Waals surface area contributed by atoms with E-state index < -0.39 is 0 Å². The Hall–Kier alpha value is -1.55. The summed E-state index contributed by atoms with van der Waals surface area (Å²) in [5.41, 5.74) is 8.22. The third-order valence-corrected chi connectivity index (χ3v) is 3.33. The Morgan fingerprint density at radius 3 is 2.76 bits per heavy atom. The third-order valence-electron chi connectivity index (χ3n) is 3.33. The van der Waals surface area contributed by atoms with Crippen LogP contribution in [0.3, 0.4) is 0 Å². The van der Waals surface area contributed by atoms with Gasteiger partial charge in [0.25, 0.3) is 0 Å². The van der Waals surface area contributed by atoms with E-state index in [4.69, 9.17) is 15.2 Å². The number of hydrogen-bond acceptors (Lipinski definition) is 4. The molecule has 0 radical (unpaired) electrons. The van der Waals surface area contributed by atoms with E-state index in [1.54, 1.807) is 0 Å². The lowest BCUT2D eigenvalue weighted by molar-refractivity contribution is -0.146. The van der Waals surface area contributed by atoms with Crippen LogP contribution in [-0.4, -0.2) is 25.2 Å². The van der Waals surface area contributed by atoms with Gasteiger partial charge < -0.3 is 15.2 Å². The Kier molecular flexibility index (Phi) is 7.83. The minimum atomic E-state index is -0.324. The number of unbranched alkanes of at least 4 members (excludes halogenated alkanes) is 1. The Bertz CT molecular complexity index is 446. The van der Waals surface area contributed by atoms with Gasteiger partial charge in [0.1, 0.15) is 5.75 Å². The van der Waals surface area contributed by atoms with E-state index in [1.165, 1.54) is 0 Å². The summed E-state index contributed by atoms with van der Waals surface area (Å²) in [7, 11) is 0. The fraction of sp³-hybridized carbons (Fsp3) is 0.588. The molecule has 0 heterocycles. The van der Waals surface area contributed by atoms with Crippen LogP contribution >= 0.6 is 0 Å². The average Bonchev–Trinajstić information content (AvgIpc) is 2.46. The van der Waals surface area contributed by atoms with Gasteiger partial charge in [-0.1, -0.05) is 38.0 Å². The van der Waals surface area contributed by atoms with Crippen LogP contribution in [0.2, 0.25) is 0 Å². The first kappa shape index (κ1) is 17.5. The van der Waals surface area contributed by atoms with Crippen molar-refractivity contribution in [3.8, 4) is 5.75 Å². The SMILES string of the molecule is CCCCOC(=O)COc1ccc(C)cc1CC(N)CC. The zero-order chi connectivity index (χ0) is 15.7. The first-order valence-electron chi connectivity index (χ1n) is 7.70. The maximum Gasteiger partial charge on any atom is 0.344 e. The van der Waals surface area contributed by atoms with Gasteiger partial charge in [0.05, 0.1) is 6.61 Å².